The molecule has 0 aliphatic carbocycles. The van der Waals surface area contributed by atoms with Gasteiger partial charge in [0, 0.05) is 43.3 Å². The summed E-state index contributed by atoms with van der Waals surface area (Å²) < 4.78 is 0. The van der Waals surface area contributed by atoms with Crippen LogP contribution in [0.25, 0.3) is 0 Å². The van der Waals surface area contributed by atoms with Gasteiger partial charge < -0.3 is 9.80 Å². The number of nitrogens with zero attached hydrogens (tertiary/aromatic N) is 5. The molecule has 0 bridgehead atoms. The monoisotopic (exact) mass is 383 g/mol. The Hall–Kier alpha value is -2.65. The third-order valence-electron chi connectivity index (χ3n) is 4.64. The standard InChI is InChI=1S/C20H22ClN5O/c1-15-13-18(14-22)24-20(23-15)26-11-9-25(10-12-26)19(27)4-2-3-16-5-7-17(21)8-6-16/h5-8,13H,2-4,9-12H2,1H3. The van der Waals surface area contributed by atoms with E-state index in [-0.39, 0.29) is 5.91 Å². The molecule has 0 atom stereocenters. The molecule has 0 spiro atoms. The van der Waals surface area contributed by atoms with Crippen molar-refractivity contribution in [2.24, 2.45) is 0 Å². The molecule has 1 amide bonds. The summed E-state index contributed by atoms with van der Waals surface area (Å²) in [5, 5.41) is 9.79. The number of aromatic nitrogens is 2. The number of nitriles is 1. The Morgan fingerprint density at radius 3 is 2.56 bits per heavy atom. The summed E-state index contributed by atoms with van der Waals surface area (Å²) in [6.45, 7) is 4.51. The van der Waals surface area contributed by atoms with Crippen LogP contribution in [-0.2, 0) is 11.2 Å². The van der Waals surface area contributed by atoms with Crippen LogP contribution >= 0.6 is 11.6 Å². The van der Waals surface area contributed by atoms with E-state index in [1.165, 1.54) is 5.56 Å². The van der Waals surface area contributed by atoms with E-state index >= 15 is 0 Å². The minimum Gasteiger partial charge on any atom is -0.339 e. The lowest BCUT2D eigenvalue weighted by Gasteiger charge is -2.35. The van der Waals surface area contributed by atoms with Gasteiger partial charge >= 0.3 is 0 Å². The fourth-order valence-electron chi connectivity index (χ4n) is 3.16. The Bertz CT molecular complexity index is 838. The Morgan fingerprint density at radius 1 is 1.19 bits per heavy atom. The maximum atomic E-state index is 12.5. The van der Waals surface area contributed by atoms with Crippen LogP contribution in [-0.4, -0.2) is 47.0 Å². The lowest BCUT2D eigenvalue weighted by Crippen LogP contribution is -2.49. The van der Waals surface area contributed by atoms with E-state index in [4.69, 9.17) is 16.9 Å². The van der Waals surface area contributed by atoms with E-state index in [0.717, 1.165) is 23.6 Å². The number of rotatable bonds is 5. The molecule has 2 aromatic rings. The fraction of sp³-hybridized carbons (Fsp3) is 0.400. The highest BCUT2D eigenvalue weighted by atomic mass is 35.5. The number of amides is 1. The fourth-order valence-corrected chi connectivity index (χ4v) is 3.29. The average molecular weight is 384 g/mol. The van der Waals surface area contributed by atoms with Crippen LogP contribution in [0, 0.1) is 18.3 Å². The number of benzene rings is 1. The molecule has 140 valence electrons. The van der Waals surface area contributed by atoms with Gasteiger partial charge in [-0.15, -0.1) is 0 Å². The SMILES string of the molecule is Cc1cc(C#N)nc(N2CCN(C(=O)CCCc3ccc(Cl)cc3)CC2)n1. The lowest BCUT2D eigenvalue weighted by atomic mass is 10.1. The van der Waals surface area contributed by atoms with Gasteiger partial charge in [0.1, 0.15) is 11.8 Å². The van der Waals surface area contributed by atoms with Gasteiger partial charge in [0.25, 0.3) is 0 Å². The zero-order valence-electron chi connectivity index (χ0n) is 15.4. The molecule has 1 fully saturated rings. The number of halogens is 1. The Morgan fingerprint density at radius 2 is 1.89 bits per heavy atom. The normalized spacial score (nSPS) is 14.1. The Balaban J connectivity index is 1.47. The lowest BCUT2D eigenvalue weighted by molar-refractivity contribution is -0.131. The molecule has 0 radical (unpaired) electrons. The van der Waals surface area contributed by atoms with Crippen LogP contribution in [0.5, 0.6) is 0 Å². The van der Waals surface area contributed by atoms with Crippen molar-refractivity contribution < 1.29 is 4.79 Å². The largest absolute Gasteiger partial charge is 0.339 e. The summed E-state index contributed by atoms with van der Waals surface area (Å²) in [7, 11) is 0. The van der Waals surface area contributed by atoms with E-state index in [9.17, 15) is 4.79 Å². The summed E-state index contributed by atoms with van der Waals surface area (Å²) in [6.07, 6.45) is 2.24. The van der Waals surface area contributed by atoms with Gasteiger partial charge in [-0.1, -0.05) is 23.7 Å². The summed E-state index contributed by atoms with van der Waals surface area (Å²) in [5.41, 5.74) is 2.34. The molecule has 3 rings (SSSR count). The highest BCUT2D eigenvalue weighted by molar-refractivity contribution is 6.30. The van der Waals surface area contributed by atoms with Crippen molar-refractivity contribution in [1.82, 2.24) is 14.9 Å². The molecule has 0 unspecified atom stereocenters. The van der Waals surface area contributed by atoms with Crippen molar-refractivity contribution in [1.29, 1.82) is 5.26 Å². The predicted octanol–water partition coefficient (Wildman–Crippen LogP) is 2.98. The number of carbonyl (C=O) groups excluding carboxylic acids is 1. The maximum Gasteiger partial charge on any atom is 0.226 e. The Labute approximate surface area is 164 Å². The van der Waals surface area contributed by atoms with E-state index in [2.05, 4.69) is 16.0 Å². The smallest absolute Gasteiger partial charge is 0.226 e. The van der Waals surface area contributed by atoms with E-state index in [0.29, 0.717) is 44.2 Å². The first kappa shape index (κ1) is 19.1. The second-order valence-electron chi connectivity index (χ2n) is 6.65. The number of anilines is 1. The molecule has 27 heavy (non-hydrogen) atoms. The molecule has 6 nitrogen and oxygen atoms in total. The van der Waals surface area contributed by atoms with Crippen LogP contribution in [0.2, 0.25) is 5.02 Å². The van der Waals surface area contributed by atoms with Gasteiger partial charge in [0.2, 0.25) is 11.9 Å². The van der Waals surface area contributed by atoms with Gasteiger partial charge in [-0.2, -0.15) is 5.26 Å². The minimum absolute atomic E-state index is 0.187. The Kier molecular flexibility index (Phi) is 6.25. The van der Waals surface area contributed by atoms with Crippen molar-refractivity contribution >= 4 is 23.5 Å². The van der Waals surface area contributed by atoms with Crippen molar-refractivity contribution in [2.75, 3.05) is 31.1 Å². The molecule has 2 heterocycles. The summed E-state index contributed by atoms with van der Waals surface area (Å²) in [6, 6.07) is 11.5. The minimum atomic E-state index is 0.187. The third-order valence-corrected chi connectivity index (χ3v) is 4.89. The molecule has 0 saturated carbocycles. The van der Waals surface area contributed by atoms with Crippen LogP contribution in [0.1, 0.15) is 29.8 Å². The highest BCUT2D eigenvalue weighted by Gasteiger charge is 2.22. The first-order chi connectivity index (χ1) is 13.0. The van der Waals surface area contributed by atoms with Crippen molar-refractivity contribution in [3.63, 3.8) is 0 Å². The highest BCUT2D eigenvalue weighted by Crippen LogP contribution is 2.15. The number of carbonyl (C=O) groups is 1. The maximum absolute atomic E-state index is 12.5. The molecule has 1 aromatic carbocycles. The van der Waals surface area contributed by atoms with Crippen molar-refractivity contribution in [2.45, 2.75) is 26.2 Å². The zero-order valence-corrected chi connectivity index (χ0v) is 16.1. The van der Waals surface area contributed by atoms with Gasteiger partial charge in [0.15, 0.2) is 0 Å². The summed E-state index contributed by atoms with van der Waals surface area (Å²) in [5.74, 6) is 0.757. The molecule has 1 aliphatic rings. The third kappa shape index (κ3) is 5.18. The number of hydrogen-bond acceptors (Lipinski definition) is 5. The molecule has 1 aromatic heterocycles. The molecular weight excluding hydrogens is 362 g/mol. The van der Waals surface area contributed by atoms with Gasteiger partial charge in [-0.3, -0.25) is 4.79 Å². The second kappa shape index (κ2) is 8.83. The predicted molar refractivity (Wildman–Crippen MR) is 105 cm³/mol. The van der Waals surface area contributed by atoms with Gasteiger partial charge in [-0.05, 0) is 43.5 Å². The van der Waals surface area contributed by atoms with Crippen LogP contribution in [0.4, 0.5) is 5.95 Å². The van der Waals surface area contributed by atoms with Gasteiger partial charge in [0.05, 0.1) is 0 Å². The second-order valence-corrected chi connectivity index (χ2v) is 7.09. The van der Waals surface area contributed by atoms with Gasteiger partial charge in [-0.25, -0.2) is 9.97 Å². The number of piperazine rings is 1. The van der Waals surface area contributed by atoms with Crippen LogP contribution in [0.3, 0.4) is 0 Å². The summed E-state index contributed by atoms with van der Waals surface area (Å²) >= 11 is 5.89. The summed E-state index contributed by atoms with van der Waals surface area (Å²) in [4.78, 5) is 25.1. The van der Waals surface area contributed by atoms with Crippen LogP contribution in [0.15, 0.2) is 30.3 Å². The topological polar surface area (TPSA) is 73.1 Å². The van der Waals surface area contributed by atoms with E-state index < -0.39 is 0 Å². The molecule has 0 N–H and O–H groups in total. The first-order valence-electron chi connectivity index (χ1n) is 9.08. The van der Waals surface area contributed by atoms with E-state index in [1.807, 2.05) is 41.0 Å². The molecular formula is C20H22ClN5O. The zero-order chi connectivity index (χ0) is 19.2. The quantitative estimate of drug-likeness (QED) is 0.793. The number of aryl methyl sites for hydroxylation is 2. The molecule has 1 aliphatic heterocycles. The van der Waals surface area contributed by atoms with Crippen molar-refractivity contribution in [3.05, 3.63) is 52.3 Å². The van der Waals surface area contributed by atoms with Crippen LogP contribution < -0.4 is 4.90 Å². The molecule has 1 saturated heterocycles. The average Bonchev–Trinajstić information content (AvgIpc) is 2.69. The van der Waals surface area contributed by atoms with E-state index in [1.54, 1.807) is 6.07 Å². The first-order valence-corrected chi connectivity index (χ1v) is 9.46. The van der Waals surface area contributed by atoms with Crippen molar-refractivity contribution in [3.8, 4) is 6.07 Å². The number of hydrogen-bond donors (Lipinski definition) is 0. The molecule has 7 heteroatoms.